The van der Waals surface area contributed by atoms with Gasteiger partial charge >= 0.3 is 0 Å². The lowest BCUT2D eigenvalue weighted by molar-refractivity contribution is 0.624. The van der Waals surface area contributed by atoms with Gasteiger partial charge in [-0.15, -0.1) is 0 Å². The van der Waals surface area contributed by atoms with Crippen molar-refractivity contribution in [3.8, 4) is 23.1 Å². The van der Waals surface area contributed by atoms with Gasteiger partial charge in [-0.2, -0.15) is 5.26 Å². The summed E-state index contributed by atoms with van der Waals surface area (Å²) in [5.41, 5.74) is 4.34. The van der Waals surface area contributed by atoms with Crippen molar-refractivity contribution in [2.24, 2.45) is 0 Å². The summed E-state index contributed by atoms with van der Waals surface area (Å²) in [5.74, 6) is 0.889. The molecule has 0 saturated carbocycles. The summed E-state index contributed by atoms with van der Waals surface area (Å²) in [6.45, 7) is 8.69. The minimum absolute atomic E-state index is 0.0262. The molecule has 0 spiro atoms. The summed E-state index contributed by atoms with van der Waals surface area (Å²) in [6, 6.07) is 12.8. The maximum Gasteiger partial charge on any atom is 0.144 e. The van der Waals surface area contributed by atoms with Crippen LogP contribution in [0.1, 0.15) is 56.2 Å². The van der Waals surface area contributed by atoms with Gasteiger partial charge in [0.1, 0.15) is 17.7 Å². The Morgan fingerprint density at radius 1 is 1.04 bits per heavy atom. The fourth-order valence-electron chi connectivity index (χ4n) is 3.24. The Morgan fingerprint density at radius 3 is 2.27 bits per heavy atom. The van der Waals surface area contributed by atoms with E-state index in [1.54, 1.807) is 18.3 Å². The number of halogens is 1. The van der Waals surface area contributed by atoms with Gasteiger partial charge in [-0.1, -0.05) is 45.9 Å². The van der Waals surface area contributed by atoms with Crippen LogP contribution in [0.15, 0.2) is 48.8 Å². The van der Waals surface area contributed by atoms with Gasteiger partial charge in [0.05, 0.1) is 11.3 Å². The van der Waals surface area contributed by atoms with Gasteiger partial charge in [0.15, 0.2) is 0 Å². The highest BCUT2D eigenvalue weighted by molar-refractivity contribution is 5.64. The van der Waals surface area contributed by atoms with Gasteiger partial charge in [-0.25, -0.2) is 9.37 Å². The second-order valence-electron chi connectivity index (χ2n) is 7.02. The maximum absolute atomic E-state index is 13.7. The SMILES string of the molecule is CC(C)c1cccc(C(C)C)c1-n1ccnc1-c1ccc(F)c(C#N)c1. The number of rotatable bonds is 4. The molecule has 0 unspecified atom stereocenters. The molecule has 0 N–H and O–H groups in total. The number of para-hydroxylation sites is 1. The number of hydrogen-bond donors (Lipinski definition) is 0. The number of benzene rings is 2. The number of nitrogens with zero attached hydrogens (tertiary/aromatic N) is 3. The Labute approximate surface area is 153 Å². The van der Waals surface area contributed by atoms with Crippen LogP contribution >= 0.6 is 0 Å². The molecule has 0 fully saturated rings. The number of aromatic nitrogens is 2. The van der Waals surface area contributed by atoms with E-state index < -0.39 is 5.82 Å². The van der Waals surface area contributed by atoms with Gasteiger partial charge in [0.25, 0.3) is 0 Å². The molecule has 0 aliphatic heterocycles. The van der Waals surface area contributed by atoms with Crippen LogP contribution < -0.4 is 0 Å². The Kier molecular flexibility index (Phi) is 4.90. The van der Waals surface area contributed by atoms with E-state index in [0.717, 1.165) is 11.3 Å². The van der Waals surface area contributed by atoms with Crippen LogP contribution in [0.4, 0.5) is 4.39 Å². The third kappa shape index (κ3) is 3.13. The maximum atomic E-state index is 13.7. The van der Waals surface area contributed by atoms with Crippen molar-refractivity contribution in [3.05, 3.63) is 71.3 Å². The minimum atomic E-state index is -0.514. The Morgan fingerprint density at radius 2 is 1.69 bits per heavy atom. The van der Waals surface area contributed by atoms with Gasteiger partial charge in [-0.05, 0) is 41.2 Å². The summed E-state index contributed by atoms with van der Waals surface area (Å²) in [4.78, 5) is 4.50. The summed E-state index contributed by atoms with van der Waals surface area (Å²) in [7, 11) is 0. The average molecular weight is 347 g/mol. The van der Waals surface area contributed by atoms with E-state index in [1.165, 1.54) is 17.2 Å². The van der Waals surface area contributed by atoms with E-state index in [2.05, 4.69) is 55.4 Å². The van der Waals surface area contributed by atoms with Crippen molar-refractivity contribution in [1.82, 2.24) is 9.55 Å². The van der Waals surface area contributed by atoms with Crippen molar-refractivity contribution >= 4 is 0 Å². The van der Waals surface area contributed by atoms with Crippen LogP contribution in [0, 0.1) is 17.1 Å². The van der Waals surface area contributed by atoms with E-state index in [4.69, 9.17) is 5.26 Å². The lowest BCUT2D eigenvalue weighted by atomic mass is 9.92. The molecule has 0 amide bonds. The first-order valence-corrected chi connectivity index (χ1v) is 8.80. The third-order valence-electron chi connectivity index (χ3n) is 4.57. The normalized spacial score (nSPS) is 11.2. The van der Waals surface area contributed by atoms with Crippen LogP contribution in [0.2, 0.25) is 0 Å². The van der Waals surface area contributed by atoms with Gasteiger partial charge in [-0.3, -0.25) is 4.57 Å². The molecule has 1 aromatic heterocycles. The molecule has 1 heterocycles. The minimum Gasteiger partial charge on any atom is -0.299 e. The molecule has 0 aliphatic rings. The summed E-state index contributed by atoms with van der Waals surface area (Å²) in [6.07, 6.45) is 3.67. The zero-order valence-electron chi connectivity index (χ0n) is 15.5. The van der Waals surface area contributed by atoms with Crippen LogP contribution in [0.25, 0.3) is 17.1 Å². The second-order valence-corrected chi connectivity index (χ2v) is 7.02. The van der Waals surface area contributed by atoms with Crippen molar-refractivity contribution in [2.75, 3.05) is 0 Å². The van der Waals surface area contributed by atoms with Crippen LogP contribution in [0.5, 0.6) is 0 Å². The van der Waals surface area contributed by atoms with Crippen molar-refractivity contribution < 1.29 is 4.39 Å². The van der Waals surface area contributed by atoms with E-state index in [0.29, 0.717) is 17.7 Å². The largest absolute Gasteiger partial charge is 0.299 e. The molecular formula is C22H22FN3. The second kappa shape index (κ2) is 7.13. The van der Waals surface area contributed by atoms with E-state index in [1.807, 2.05) is 12.3 Å². The van der Waals surface area contributed by atoms with E-state index in [9.17, 15) is 4.39 Å². The van der Waals surface area contributed by atoms with Crippen molar-refractivity contribution in [1.29, 1.82) is 5.26 Å². The highest BCUT2D eigenvalue weighted by Crippen LogP contribution is 2.34. The number of hydrogen-bond acceptors (Lipinski definition) is 2. The molecule has 4 heteroatoms. The first-order valence-electron chi connectivity index (χ1n) is 8.80. The van der Waals surface area contributed by atoms with Gasteiger partial charge in [0, 0.05) is 18.0 Å². The predicted molar refractivity (Wildman–Crippen MR) is 102 cm³/mol. The molecule has 132 valence electrons. The molecule has 3 aromatic rings. The topological polar surface area (TPSA) is 41.6 Å². The zero-order chi connectivity index (χ0) is 18.8. The monoisotopic (exact) mass is 347 g/mol. The number of imidazole rings is 1. The lowest BCUT2D eigenvalue weighted by Crippen LogP contribution is -2.08. The van der Waals surface area contributed by atoms with Gasteiger partial charge < -0.3 is 0 Å². The van der Waals surface area contributed by atoms with Gasteiger partial charge in [0.2, 0.25) is 0 Å². The molecule has 3 rings (SSSR count). The third-order valence-corrected chi connectivity index (χ3v) is 4.57. The smallest absolute Gasteiger partial charge is 0.144 e. The highest BCUT2D eigenvalue weighted by Gasteiger charge is 2.19. The summed E-state index contributed by atoms with van der Waals surface area (Å²) < 4.78 is 15.8. The lowest BCUT2D eigenvalue weighted by Gasteiger charge is -2.21. The Hall–Kier alpha value is -2.93. The molecule has 0 radical (unpaired) electrons. The molecular weight excluding hydrogens is 325 g/mol. The highest BCUT2D eigenvalue weighted by atomic mass is 19.1. The zero-order valence-corrected chi connectivity index (χ0v) is 15.5. The van der Waals surface area contributed by atoms with E-state index >= 15 is 0 Å². The molecule has 0 aliphatic carbocycles. The Bertz CT molecular complexity index is 951. The van der Waals surface area contributed by atoms with Crippen LogP contribution in [-0.2, 0) is 0 Å². The predicted octanol–water partition coefficient (Wildman–Crippen LogP) is 5.80. The molecule has 0 saturated heterocycles. The fourth-order valence-corrected chi connectivity index (χ4v) is 3.24. The first kappa shape index (κ1) is 17.9. The molecule has 3 nitrogen and oxygen atoms in total. The molecule has 26 heavy (non-hydrogen) atoms. The fraction of sp³-hybridized carbons (Fsp3) is 0.273. The average Bonchev–Trinajstić information content (AvgIpc) is 3.10. The first-order chi connectivity index (χ1) is 12.4. The van der Waals surface area contributed by atoms with Crippen LogP contribution in [-0.4, -0.2) is 9.55 Å². The van der Waals surface area contributed by atoms with Crippen molar-refractivity contribution in [3.63, 3.8) is 0 Å². The summed E-state index contributed by atoms with van der Waals surface area (Å²) >= 11 is 0. The Balaban J connectivity index is 2.26. The number of nitriles is 1. The quantitative estimate of drug-likeness (QED) is 0.599. The van der Waals surface area contributed by atoms with E-state index in [-0.39, 0.29) is 5.56 Å². The van der Waals surface area contributed by atoms with Crippen molar-refractivity contribution in [2.45, 2.75) is 39.5 Å². The summed E-state index contributed by atoms with van der Waals surface area (Å²) in [5, 5.41) is 9.14. The standard InChI is InChI=1S/C22H22FN3/c1-14(2)18-6-5-7-19(15(3)4)21(18)26-11-10-25-22(26)16-8-9-20(23)17(12-16)13-24/h5-12,14-15H,1-4H3. The molecule has 0 atom stereocenters. The molecule has 0 bridgehead atoms. The van der Waals surface area contributed by atoms with Crippen LogP contribution in [0.3, 0.4) is 0 Å². The molecule has 2 aromatic carbocycles.